The number of ketones is 1. The van der Waals surface area contributed by atoms with E-state index in [2.05, 4.69) is 0 Å². The van der Waals surface area contributed by atoms with Gasteiger partial charge in [0, 0.05) is 6.54 Å². The van der Waals surface area contributed by atoms with Crippen molar-refractivity contribution >= 4 is 17.8 Å². The predicted octanol–water partition coefficient (Wildman–Crippen LogP) is 6.88. The van der Waals surface area contributed by atoms with Crippen LogP contribution in [0.15, 0.2) is 127 Å². The Kier molecular flexibility index (Phi) is 9.14. The molecule has 0 fully saturated rings. The summed E-state index contributed by atoms with van der Waals surface area (Å²) in [7, 11) is 0. The Morgan fingerprint density at radius 2 is 1.48 bits per heavy atom. The van der Waals surface area contributed by atoms with Gasteiger partial charge in [-0.15, -0.1) is 0 Å². The number of carbonyl (C=O) groups excluding carboxylic acids is 2. The van der Waals surface area contributed by atoms with E-state index in [1.165, 1.54) is 6.08 Å². The molecule has 6 heteroatoms. The van der Waals surface area contributed by atoms with E-state index in [0.29, 0.717) is 43.2 Å². The number of nitrogens with zero attached hydrogens (tertiary/aromatic N) is 1. The van der Waals surface area contributed by atoms with Gasteiger partial charge in [0.15, 0.2) is 23.0 Å². The molecule has 1 heterocycles. The standard InChI is InChI=1S/C36H33NO5/c1-2-41-32-24-29(19-21-31(32)42-25-28-16-10-5-11-17-28)34-33(30(38)20-18-26-12-6-3-7-13-26)35(39)36(40)37(34)23-22-27-14-8-4-9-15-27/h3-21,24,34,39H,2,22-23,25H2,1H3. The Morgan fingerprint density at radius 1 is 0.833 bits per heavy atom. The van der Waals surface area contributed by atoms with Gasteiger partial charge in [-0.25, -0.2) is 0 Å². The smallest absolute Gasteiger partial charge is 0.290 e. The van der Waals surface area contributed by atoms with Crippen LogP contribution in [0.2, 0.25) is 0 Å². The van der Waals surface area contributed by atoms with Gasteiger partial charge in [0.25, 0.3) is 5.91 Å². The second kappa shape index (κ2) is 13.5. The highest BCUT2D eigenvalue weighted by atomic mass is 16.5. The van der Waals surface area contributed by atoms with Gasteiger partial charge in [0.2, 0.25) is 0 Å². The van der Waals surface area contributed by atoms with Gasteiger partial charge in [-0.3, -0.25) is 9.59 Å². The topological polar surface area (TPSA) is 76.1 Å². The van der Waals surface area contributed by atoms with Crippen LogP contribution < -0.4 is 9.47 Å². The van der Waals surface area contributed by atoms with Crippen molar-refractivity contribution < 1.29 is 24.2 Å². The summed E-state index contributed by atoms with van der Waals surface area (Å²) in [5.41, 5.74) is 3.59. The van der Waals surface area contributed by atoms with Crippen molar-refractivity contribution in [3.05, 3.63) is 149 Å². The Bertz CT molecular complexity index is 1580. The molecule has 1 N–H and O–H groups in total. The van der Waals surface area contributed by atoms with Gasteiger partial charge >= 0.3 is 0 Å². The Labute approximate surface area is 246 Å². The molecule has 0 saturated carbocycles. The SMILES string of the molecule is CCOc1cc(C2C(C(=O)C=Cc3ccccc3)=C(O)C(=O)N2CCc2ccccc2)ccc1OCc1ccccc1. The number of rotatable bonds is 12. The van der Waals surface area contributed by atoms with E-state index >= 15 is 0 Å². The zero-order valence-corrected chi connectivity index (χ0v) is 23.5. The quantitative estimate of drug-likeness (QED) is 0.191. The van der Waals surface area contributed by atoms with Crippen molar-refractivity contribution in [1.82, 2.24) is 4.90 Å². The van der Waals surface area contributed by atoms with E-state index < -0.39 is 23.5 Å². The van der Waals surface area contributed by atoms with Crippen LogP contribution in [0, 0.1) is 0 Å². The molecule has 1 unspecified atom stereocenters. The van der Waals surface area contributed by atoms with Crippen LogP contribution in [0.25, 0.3) is 6.08 Å². The predicted molar refractivity (Wildman–Crippen MR) is 163 cm³/mol. The van der Waals surface area contributed by atoms with Crippen LogP contribution in [0.5, 0.6) is 11.5 Å². The normalized spacial score (nSPS) is 14.9. The van der Waals surface area contributed by atoms with Crippen LogP contribution in [0.4, 0.5) is 0 Å². The average Bonchev–Trinajstić information content (AvgIpc) is 3.29. The number of aliphatic hydroxyl groups excluding tert-OH is 1. The minimum atomic E-state index is -0.795. The highest BCUT2D eigenvalue weighted by Gasteiger charge is 2.43. The minimum Gasteiger partial charge on any atom is -0.503 e. The molecule has 6 nitrogen and oxygen atoms in total. The van der Waals surface area contributed by atoms with Crippen molar-refractivity contribution in [2.24, 2.45) is 0 Å². The summed E-state index contributed by atoms with van der Waals surface area (Å²) >= 11 is 0. The van der Waals surface area contributed by atoms with Gasteiger partial charge in [-0.1, -0.05) is 103 Å². The number of aliphatic hydroxyl groups is 1. The van der Waals surface area contributed by atoms with E-state index in [9.17, 15) is 14.7 Å². The van der Waals surface area contributed by atoms with Crippen LogP contribution in [-0.4, -0.2) is 34.8 Å². The molecule has 0 spiro atoms. The number of amides is 1. The summed E-state index contributed by atoms with van der Waals surface area (Å²) in [6, 6.07) is 33.7. The van der Waals surface area contributed by atoms with Crippen molar-refractivity contribution in [1.29, 1.82) is 0 Å². The third kappa shape index (κ3) is 6.61. The first-order valence-corrected chi connectivity index (χ1v) is 14.0. The molecule has 5 rings (SSSR count). The fourth-order valence-electron chi connectivity index (χ4n) is 5.02. The number of carbonyl (C=O) groups is 2. The summed E-state index contributed by atoms with van der Waals surface area (Å²) in [4.78, 5) is 28.6. The lowest BCUT2D eigenvalue weighted by Gasteiger charge is -2.27. The second-order valence-electron chi connectivity index (χ2n) is 9.92. The monoisotopic (exact) mass is 559 g/mol. The van der Waals surface area contributed by atoms with Gasteiger partial charge in [0.1, 0.15) is 6.61 Å². The first kappa shape index (κ1) is 28.4. The van der Waals surface area contributed by atoms with Crippen molar-refractivity contribution in [3.8, 4) is 11.5 Å². The van der Waals surface area contributed by atoms with Gasteiger partial charge in [0.05, 0.1) is 18.2 Å². The maximum atomic E-state index is 13.6. The zero-order valence-electron chi connectivity index (χ0n) is 23.5. The average molecular weight is 560 g/mol. The molecule has 4 aromatic carbocycles. The van der Waals surface area contributed by atoms with Crippen molar-refractivity contribution in [3.63, 3.8) is 0 Å². The maximum absolute atomic E-state index is 13.6. The molecule has 0 radical (unpaired) electrons. The van der Waals surface area contributed by atoms with Crippen molar-refractivity contribution in [2.75, 3.05) is 13.2 Å². The first-order chi connectivity index (χ1) is 20.5. The van der Waals surface area contributed by atoms with Crippen LogP contribution in [-0.2, 0) is 22.6 Å². The summed E-state index contributed by atoms with van der Waals surface area (Å²) in [5.74, 6) is -0.485. The van der Waals surface area contributed by atoms with Gasteiger partial charge in [-0.2, -0.15) is 0 Å². The van der Waals surface area contributed by atoms with E-state index in [0.717, 1.165) is 16.7 Å². The molecule has 0 bridgehead atoms. The fourth-order valence-corrected chi connectivity index (χ4v) is 5.02. The molecule has 1 atom stereocenters. The molecule has 1 amide bonds. The second-order valence-corrected chi connectivity index (χ2v) is 9.92. The number of benzene rings is 4. The lowest BCUT2D eigenvalue weighted by molar-refractivity contribution is -0.129. The largest absolute Gasteiger partial charge is 0.503 e. The summed E-state index contributed by atoms with van der Waals surface area (Å²) in [6.07, 6.45) is 3.65. The molecule has 0 aliphatic carbocycles. The van der Waals surface area contributed by atoms with E-state index in [1.54, 1.807) is 23.1 Å². The summed E-state index contributed by atoms with van der Waals surface area (Å²) in [5, 5.41) is 11.0. The summed E-state index contributed by atoms with van der Waals surface area (Å²) < 4.78 is 12.0. The van der Waals surface area contributed by atoms with Crippen LogP contribution in [0.3, 0.4) is 0 Å². The third-order valence-corrected chi connectivity index (χ3v) is 7.10. The molecule has 1 aliphatic heterocycles. The molecule has 4 aromatic rings. The highest BCUT2D eigenvalue weighted by molar-refractivity contribution is 6.14. The molecule has 42 heavy (non-hydrogen) atoms. The molecular formula is C36H33NO5. The molecule has 0 aromatic heterocycles. The Balaban J connectivity index is 1.48. The van der Waals surface area contributed by atoms with E-state index in [1.807, 2.05) is 104 Å². The lowest BCUT2D eigenvalue weighted by atomic mass is 9.95. The third-order valence-electron chi connectivity index (χ3n) is 7.10. The molecule has 1 aliphatic rings. The molecular weight excluding hydrogens is 526 g/mol. The Morgan fingerprint density at radius 3 is 2.14 bits per heavy atom. The summed E-state index contributed by atoms with van der Waals surface area (Å²) in [6.45, 7) is 2.96. The lowest BCUT2D eigenvalue weighted by Crippen LogP contribution is -2.33. The molecule has 212 valence electrons. The van der Waals surface area contributed by atoms with E-state index in [4.69, 9.17) is 9.47 Å². The highest BCUT2D eigenvalue weighted by Crippen LogP contribution is 2.41. The van der Waals surface area contributed by atoms with Crippen LogP contribution in [0.1, 0.15) is 35.2 Å². The number of hydrogen-bond acceptors (Lipinski definition) is 5. The number of ether oxygens (including phenoxy) is 2. The zero-order chi connectivity index (χ0) is 29.3. The number of allylic oxidation sites excluding steroid dienone is 1. The van der Waals surface area contributed by atoms with Crippen molar-refractivity contribution in [2.45, 2.75) is 26.0 Å². The Hall–Kier alpha value is -5.10. The molecule has 0 saturated heterocycles. The number of hydrogen-bond donors (Lipinski definition) is 1. The first-order valence-electron chi connectivity index (χ1n) is 14.0. The van der Waals surface area contributed by atoms with Gasteiger partial charge < -0.3 is 19.5 Å². The van der Waals surface area contributed by atoms with Gasteiger partial charge in [-0.05, 0) is 53.8 Å². The van der Waals surface area contributed by atoms with E-state index in [-0.39, 0.29) is 5.57 Å². The van der Waals surface area contributed by atoms with Crippen LogP contribution >= 0.6 is 0 Å². The minimum absolute atomic E-state index is 0.0423. The fraction of sp³-hybridized carbons (Fsp3) is 0.167. The maximum Gasteiger partial charge on any atom is 0.290 e.